The zero-order valence-electron chi connectivity index (χ0n) is 17.8. The van der Waals surface area contributed by atoms with Crippen molar-refractivity contribution in [1.29, 1.82) is 0 Å². The van der Waals surface area contributed by atoms with Gasteiger partial charge in [-0.2, -0.15) is 0 Å². The van der Waals surface area contributed by atoms with Crippen LogP contribution in [0.5, 0.6) is 0 Å². The number of fused-ring (bicyclic) bond motifs is 1. The molecule has 7 heteroatoms. The van der Waals surface area contributed by atoms with E-state index in [-0.39, 0.29) is 11.4 Å². The molecule has 0 spiro atoms. The van der Waals surface area contributed by atoms with Crippen LogP contribution in [-0.4, -0.2) is 28.3 Å². The lowest BCUT2D eigenvalue weighted by Gasteiger charge is -2.23. The van der Waals surface area contributed by atoms with E-state index >= 15 is 0 Å². The Labute approximate surface area is 180 Å². The molecule has 0 aliphatic rings. The molecule has 2 N–H and O–H groups in total. The highest BCUT2D eigenvalue weighted by atomic mass is 16.1. The molecule has 0 atom stereocenters. The van der Waals surface area contributed by atoms with Crippen molar-refractivity contribution in [2.24, 2.45) is 4.99 Å². The maximum atomic E-state index is 13.7. The molecular weight excluding hydrogens is 388 g/mol. The van der Waals surface area contributed by atoms with E-state index in [1.807, 2.05) is 68.3 Å². The number of aryl methyl sites for hydroxylation is 2. The summed E-state index contributed by atoms with van der Waals surface area (Å²) in [5.74, 6) is 0.813. The van der Waals surface area contributed by atoms with E-state index in [0.29, 0.717) is 18.1 Å². The average Bonchev–Trinajstić information content (AvgIpc) is 2.74. The number of hydrogen-bond acceptors (Lipinski definition) is 6. The molecular formula is C24H24N6O. The molecule has 4 rings (SSSR count). The highest BCUT2D eigenvalue weighted by molar-refractivity contribution is 5.85. The maximum Gasteiger partial charge on any atom is 0.263 e. The summed E-state index contributed by atoms with van der Waals surface area (Å²) in [7, 11) is 1.88. The largest absolute Gasteiger partial charge is 0.382 e. The summed E-state index contributed by atoms with van der Waals surface area (Å²) in [4.78, 5) is 27.9. The van der Waals surface area contributed by atoms with E-state index in [2.05, 4.69) is 27.7 Å². The molecule has 0 radical (unpaired) electrons. The molecule has 0 bridgehead atoms. The Morgan fingerprint density at radius 2 is 1.84 bits per heavy atom. The van der Waals surface area contributed by atoms with Gasteiger partial charge in [-0.25, -0.2) is 9.97 Å². The molecule has 7 nitrogen and oxygen atoms in total. The smallest absolute Gasteiger partial charge is 0.263 e. The Morgan fingerprint density at radius 3 is 2.58 bits per heavy atom. The van der Waals surface area contributed by atoms with Crippen LogP contribution in [-0.2, 0) is 6.54 Å². The molecule has 0 saturated carbocycles. The minimum atomic E-state index is -0.0439. The highest BCUT2D eigenvalue weighted by Gasteiger charge is 2.18. The second kappa shape index (κ2) is 8.02. The van der Waals surface area contributed by atoms with Gasteiger partial charge < -0.3 is 10.6 Å². The van der Waals surface area contributed by atoms with Crippen LogP contribution < -0.4 is 16.2 Å². The number of nitrogens with zero attached hydrogens (tertiary/aromatic N) is 5. The van der Waals surface area contributed by atoms with Gasteiger partial charge >= 0.3 is 0 Å². The van der Waals surface area contributed by atoms with E-state index in [9.17, 15) is 4.79 Å². The van der Waals surface area contributed by atoms with Crippen LogP contribution in [0.3, 0.4) is 0 Å². The quantitative estimate of drug-likeness (QED) is 0.501. The normalized spacial score (nSPS) is 10.9. The predicted molar refractivity (Wildman–Crippen MR) is 127 cm³/mol. The molecule has 2 aromatic heterocycles. The lowest BCUT2D eigenvalue weighted by atomic mass is 10.1. The van der Waals surface area contributed by atoms with Crippen LogP contribution in [0.1, 0.15) is 16.8 Å². The first-order valence-electron chi connectivity index (χ1n) is 9.91. The number of benzene rings is 2. The first kappa shape index (κ1) is 20.3. The third-order valence-corrected chi connectivity index (χ3v) is 5.44. The van der Waals surface area contributed by atoms with Crippen molar-refractivity contribution in [3.8, 4) is 5.69 Å². The number of anilines is 2. The second-order valence-corrected chi connectivity index (χ2v) is 7.55. The summed E-state index contributed by atoms with van der Waals surface area (Å²) in [6.07, 6.45) is 1.40. The van der Waals surface area contributed by atoms with Gasteiger partial charge in [-0.05, 0) is 49.2 Å². The van der Waals surface area contributed by atoms with Crippen LogP contribution in [0.2, 0.25) is 0 Å². The molecule has 0 saturated heterocycles. The molecule has 0 fully saturated rings. The second-order valence-electron chi connectivity index (χ2n) is 7.55. The van der Waals surface area contributed by atoms with Crippen molar-refractivity contribution >= 4 is 34.8 Å². The summed E-state index contributed by atoms with van der Waals surface area (Å²) < 4.78 is 1.78. The van der Waals surface area contributed by atoms with Gasteiger partial charge in [-0.1, -0.05) is 36.4 Å². The van der Waals surface area contributed by atoms with E-state index in [1.54, 1.807) is 4.57 Å². The number of hydrogen-bond donors (Lipinski definition) is 1. The third-order valence-electron chi connectivity index (χ3n) is 5.44. The Kier molecular flexibility index (Phi) is 5.25. The van der Waals surface area contributed by atoms with Crippen molar-refractivity contribution in [1.82, 2.24) is 14.5 Å². The summed E-state index contributed by atoms with van der Waals surface area (Å²) >= 11 is 0. The van der Waals surface area contributed by atoms with Gasteiger partial charge in [-0.3, -0.25) is 14.4 Å². The number of para-hydroxylation sites is 1. The van der Waals surface area contributed by atoms with Crippen molar-refractivity contribution in [2.45, 2.75) is 20.4 Å². The number of aromatic nitrogens is 3. The van der Waals surface area contributed by atoms with Gasteiger partial charge in [0.15, 0.2) is 11.6 Å². The van der Waals surface area contributed by atoms with Gasteiger partial charge in [0, 0.05) is 12.7 Å². The molecule has 0 unspecified atom stereocenters. The van der Waals surface area contributed by atoms with Crippen LogP contribution >= 0.6 is 0 Å². The molecule has 2 aromatic carbocycles. The number of pyridine rings is 1. The van der Waals surface area contributed by atoms with Gasteiger partial charge in [0.2, 0.25) is 0 Å². The lowest BCUT2D eigenvalue weighted by Crippen LogP contribution is -2.28. The third kappa shape index (κ3) is 3.54. The molecule has 31 heavy (non-hydrogen) atoms. The zero-order valence-corrected chi connectivity index (χ0v) is 17.8. The average molecular weight is 412 g/mol. The molecule has 4 aromatic rings. The number of rotatable bonds is 5. The van der Waals surface area contributed by atoms with Crippen LogP contribution in [0.4, 0.5) is 17.3 Å². The highest BCUT2D eigenvalue weighted by Crippen LogP contribution is 2.30. The van der Waals surface area contributed by atoms with Gasteiger partial charge in [-0.15, -0.1) is 0 Å². The Balaban J connectivity index is 1.95. The molecule has 0 aliphatic heterocycles. The summed E-state index contributed by atoms with van der Waals surface area (Å²) in [5, 5.41) is 1.62. The lowest BCUT2D eigenvalue weighted by molar-refractivity contribution is 0.806. The summed E-state index contributed by atoms with van der Waals surface area (Å²) in [6.45, 7) is 7.96. The minimum absolute atomic E-state index is 0.0439. The van der Waals surface area contributed by atoms with E-state index in [4.69, 9.17) is 5.73 Å². The van der Waals surface area contributed by atoms with E-state index in [1.165, 1.54) is 6.33 Å². The minimum Gasteiger partial charge on any atom is -0.382 e. The Morgan fingerprint density at radius 1 is 1.10 bits per heavy atom. The predicted octanol–water partition coefficient (Wildman–Crippen LogP) is 3.95. The van der Waals surface area contributed by atoms with Crippen molar-refractivity contribution < 1.29 is 0 Å². The van der Waals surface area contributed by atoms with Crippen molar-refractivity contribution in [3.63, 3.8) is 0 Å². The van der Waals surface area contributed by atoms with Crippen LogP contribution in [0.15, 0.2) is 64.6 Å². The zero-order chi connectivity index (χ0) is 22.1. The van der Waals surface area contributed by atoms with Crippen molar-refractivity contribution in [3.05, 3.63) is 82.0 Å². The fraction of sp³-hybridized carbons (Fsp3) is 0.167. The van der Waals surface area contributed by atoms with E-state index in [0.717, 1.165) is 33.3 Å². The fourth-order valence-corrected chi connectivity index (χ4v) is 3.92. The monoisotopic (exact) mass is 412 g/mol. The number of nitrogens with two attached hydrogens (primary N) is 1. The first-order chi connectivity index (χ1) is 14.9. The van der Waals surface area contributed by atoms with E-state index < -0.39 is 0 Å². The molecule has 156 valence electrons. The molecule has 0 aliphatic carbocycles. The van der Waals surface area contributed by atoms with Crippen LogP contribution in [0, 0.1) is 13.8 Å². The Bertz CT molecular complexity index is 1360. The topological polar surface area (TPSA) is 89.4 Å². The van der Waals surface area contributed by atoms with Crippen molar-refractivity contribution in [2.75, 3.05) is 17.7 Å². The first-order valence-corrected chi connectivity index (χ1v) is 9.91. The SMILES string of the molecule is C=Nc1c(N)ncnc1N(C)Cc1cc2cccc(C)c2c(=O)n1-c1ccccc1C. The standard InChI is InChI=1S/C24H24N6O/c1-15-8-5-6-11-19(15)30-18(12-17-10-7-9-16(2)20(17)24(30)31)13-29(4)23-21(26-3)22(25)27-14-28-23/h5-12,14H,3,13H2,1-2,4H3,(H2,25,27,28). The van der Waals surface area contributed by atoms with Gasteiger partial charge in [0.1, 0.15) is 12.0 Å². The van der Waals surface area contributed by atoms with Gasteiger partial charge in [0.05, 0.1) is 17.6 Å². The molecule has 2 heterocycles. The summed E-state index contributed by atoms with van der Waals surface area (Å²) in [5.41, 5.74) is 9.97. The number of aliphatic imine (C=N–C) groups is 1. The molecule has 0 amide bonds. The van der Waals surface area contributed by atoms with Crippen LogP contribution in [0.25, 0.3) is 16.5 Å². The fourth-order valence-electron chi connectivity index (χ4n) is 3.92. The number of nitrogen functional groups attached to an aromatic ring is 1. The Hall–Kier alpha value is -4.00. The summed E-state index contributed by atoms with van der Waals surface area (Å²) in [6, 6.07) is 15.8. The maximum absolute atomic E-state index is 13.7. The van der Waals surface area contributed by atoms with Gasteiger partial charge in [0.25, 0.3) is 5.56 Å².